The number of carbonyl (C=O) groups is 6. The predicted molar refractivity (Wildman–Crippen MR) is 159 cm³/mol. The Hall–Kier alpha value is -5.66. The van der Waals surface area contributed by atoms with Crippen molar-refractivity contribution in [3.05, 3.63) is 71.8 Å². The molecular formula is C32H34O14. The number of carbonyl (C=O) groups excluding carboxylic acids is 4. The Morgan fingerprint density at radius 2 is 0.848 bits per heavy atom. The van der Waals surface area contributed by atoms with E-state index in [4.69, 9.17) is 38.6 Å². The van der Waals surface area contributed by atoms with Crippen LogP contribution in [0.2, 0.25) is 0 Å². The quantitative estimate of drug-likeness (QED) is 0.145. The van der Waals surface area contributed by atoms with E-state index in [2.05, 4.69) is 0 Å². The lowest BCUT2D eigenvalue weighted by molar-refractivity contribution is -0.202. The third kappa shape index (κ3) is 13.8. The Morgan fingerprint density at radius 1 is 0.543 bits per heavy atom. The van der Waals surface area contributed by atoms with Gasteiger partial charge in [0, 0.05) is 39.8 Å². The zero-order valence-electron chi connectivity index (χ0n) is 25.4. The Balaban J connectivity index is 2.39. The van der Waals surface area contributed by atoms with Gasteiger partial charge in [0.05, 0.1) is 0 Å². The van der Waals surface area contributed by atoms with Crippen LogP contribution in [0.3, 0.4) is 0 Å². The number of carboxylic acids is 2. The molecule has 2 aromatic rings. The van der Waals surface area contributed by atoms with Gasteiger partial charge in [0.1, 0.15) is 24.7 Å². The predicted octanol–water partition coefficient (Wildman–Crippen LogP) is 3.07. The van der Waals surface area contributed by atoms with E-state index in [1.165, 1.54) is 36.4 Å². The molecule has 246 valence electrons. The number of hydrogen-bond acceptors (Lipinski definition) is 12. The van der Waals surface area contributed by atoms with E-state index in [0.717, 1.165) is 39.8 Å². The smallest absolute Gasteiger partial charge is 0.328 e. The first-order chi connectivity index (χ1) is 21.7. The van der Waals surface area contributed by atoms with Crippen molar-refractivity contribution in [3.8, 4) is 11.5 Å². The first-order valence-corrected chi connectivity index (χ1v) is 13.7. The van der Waals surface area contributed by atoms with Crippen molar-refractivity contribution in [1.82, 2.24) is 0 Å². The molecule has 0 unspecified atom stereocenters. The summed E-state index contributed by atoms with van der Waals surface area (Å²) in [5, 5.41) is 17.6. The third-order valence-electron chi connectivity index (χ3n) is 5.72. The molecule has 0 radical (unpaired) electrons. The number of aliphatic carboxylic acids is 2. The second kappa shape index (κ2) is 18.2. The minimum Gasteiger partial charge on any atom is -0.490 e. The second-order valence-electron chi connectivity index (χ2n) is 9.55. The molecule has 0 bridgehead atoms. The van der Waals surface area contributed by atoms with E-state index in [9.17, 15) is 28.8 Å². The first kappa shape index (κ1) is 36.5. The first-order valence-electron chi connectivity index (χ1n) is 13.7. The average molecular weight is 643 g/mol. The summed E-state index contributed by atoms with van der Waals surface area (Å²) in [4.78, 5) is 70.2. The van der Waals surface area contributed by atoms with Crippen molar-refractivity contribution in [1.29, 1.82) is 0 Å². The highest BCUT2D eigenvalue weighted by Gasteiger charge is 2.44. The van der Waals surface area contributed by atoms with Crippen molar-refractivity contribution in [2.75, 3.05) is 13.2 Å². The summed E-state index contributed by atoms with van der Waals surface area (Å²) >= 11 is 0. The molecule has 0 aliphatic heterocycles. The van der Waals surface area contributed by atoms with Crippen molar-refractivity contribution in [2.45, 2.75) is 52.1 Å². The molecule has 0 saturated carbocycles. The zero-order chi connectivity index (χ0) is 34.2. The summed E-state index contributed by atoms with van der Waals surface area (Å²) in [6.45, 7) is 3.51. The lowest BCUT2D eigenvalue weighted by Crippen LogP contribution is -2.54. The fourth-order valence-electron chi connectivity index (χ4n) is 3.95. The molecule has 14 nitrogen and oxygen atoms in total. The van der Waals surface area contributed by atoms with Crippen molar-refractivity contribution in [2.24, 2.45) is 0 Å². The maximum absolute atomic E-state index is 12.2. The fourth-order valence-corrected chi connectivity index (χ4v) is 3.95. The topological polar surface area (TPSA) is 198 Å². The van der Waals surface area contributed by atoms with E-state index in [0.29, 0.717) is 11.1 Å². The van der Waals surface area contributed by atoms with E-state index in [-0.39, 0.29) is 11.5 Å². The Morgan fingerprint density at radius 3 is 1.11 bits per heavy atom. The third-order valence-corrected chi connectivity index (χ3v) is 5.72. The summed E-state index contributed by atoms with van der Waals surface area (Å²) in [6.07, 6.45) is -1.23. The van der Waals surface area contributed by atoms with Crippen LogP contribution in [0.4, 0.5) is 0 Å². The molecule has 0 saturated heterocycles. The fraction of sp³-hybridized carbons (Fsp3) is 0.312. The Kier molecular flexibility index (Phi) is 14.5. The maximum atomic E-state index is 12.2. The van der Waals surface area contributed by atoms with E-state index < -0.39 is 73.4 Å². The lowest BCUT2D eigenvalue weighted by Gasteiger charge is -2.35. The number of ether oxygens (including phenoxy) is 6. The summed E-state index contributed by atoms with van der Waals surface area (Å²) in [6, 6.07) is 12.4. The van der Waals surface area contributed by atoms with Crippen molar-refractivity contribution >= 4 is 48.0 Å². The van der Waals surface area contributed by atoms with Crippen LogP contribution in [0.15, 0.2) is 60.7 Å². The van der Waals surface area contributed by atoms with Gasteiger partial charge in [-0.05, 0) is 47.5 Å². The van der Waals surface area contributed by atoms with Gasteiger partial charge < -0.3 is 38.6 Å². The molecule has 46 heavy (non-hydrogen) atoms. The number of carboxylic acid groups (broad SMARTS) is 2. The molecule has 0 heterocycles. The van der Waals surface area contributed by atoms with Crippen molar-refractivity contribution in [3.63, 3.8) is 0 Å². The lowest BCUT2D eigenvalue weighted by atomic mass is 10.0. The molecule has 14 heteroatoms. The number of esters is 4. The standard InChI is InChI=1S/C32H34O14/c1-19(33)43-27(17-41-25-11-5-23(6-12-25)9-15-29(37)38)31(45-21(3)35)32(46-22(4)36)28(44-20(2)34)18-42-26-13-7-24(8-14-26)10-16-30(39)40/h5-16,27-28,31-32H,17-18H2,1-4H3,(H,37,38)(H,39,40)/b15-9+,16-10+/t27-,28+,31+,32-. The molecule has 0 aromatic heterocycles. The SMILES string of the molecule is CC(=O)O[C@H]([C@H](OC(C)=O)[C@H](COc1ccc(/C=C/C(=O)O)cc1)OC(C)=O)[C@@H](COc1ccc(/C=C/C(=O)O)cc1)OC(C)=O. The summed E-state index contributed by atoms with van der Waals surface area (Å²) in [5.74, 6) is -4.97. The van der Waals surface area contributed by atoms with Crippen LogP contribution in [0.5, 0.6) is 11.5 Å². The molecule has 0 fully saturated rings. The van der Waals surface area contributed by atoms with Gasteiger partial charge in [-0.25, -0.2) is 9.59 Å². The Labute approximate surface area is 264 Å². The Bertz CT molecular complexity index is 1320. The van der Waals surface area contributed by atoms with Gasteiger partial charge in [-0.1, -0.05) is 24.3 Å². The molecule has 0 spiro atoms. The van der Waals surface area contributed by atoms with Crippen LogP contribution in [-0.2, 0) is 47.7 Å². The van der Waals surface area contributed by atoms with Crippen LogP contribution in [0.1, 0.15) is 38.8 Å². The molecule has 0 aliphatic rings. The molecule has 2 rings (SSSR count). The number of benzene rings is 2. The van der Waals surface area contributed by atoms with Crippen LogP contribution < -0.4 is 9.47 Å². The molecular weight excluding hydrogens is 608 g/mol. The maximum Gasteiger partial charge on any atom is 0.328 e. The molecule has 0 amide bonds. The highest BCUT2D eigenvalue weighted by Crippen LogP contribution is 2.23. The molecule has 0 aliphatic carbocycles. The van der Waals surface area contributed by atoms with Crippen LogP contribution in [0, 0.1) is 0 Å². The van der Waals surface area contributed by atoms with Gasteiger partial charge in [-0.2, -0.15) is 0 Å². The van der Waals surface area contributed by atoms with Gasteiger partial charge in [0.2, 0.25) is 0 Å². The average Bonchev–Trinajstić information content (AvgIpc) is 2.97. The van der Waals surface area contributed by atoms with E-state index in [1.807, 2.05) is 0 Å². The second-order valence-corrected chi connectivity index (χ2v) is 9.55. The van der Waals surface area contributed by atoms with Gasteiger partial charge in [0.25, 0.3) is 0 Å². The van der Waals surface area contributed by atoms with Gasteiger partial charge in [-0.3, -0.25) is 19.2 Å². The van der Waals surface area contributed by atoms with Crippen LogP contribution in [-0.4, -0.2) is 83.7 Å². The molecule has 4 atom stereocenters. The summed E-state index contributed by atoms with van der Waals surface area (Å²) in [5.41, 5.74) is 1.13. The highest BCUT2D eigenvalue weighted by atomic mass is 16.6. The van der Waals surface area contributed by atoms with Crippen LogP contribution in [0.25, 0.3) is 12.2 Å². The zero-order valence-corrected chi connectivity index (χ0v) is 25.4. The molecule has 2 N–H and O–H groups in total. The largest absolute Gasteiger partial charge is 0.490 e. The summed E-state index contributed by atoms with van der Waals surface area (Å²) < 4.78 is 33.3. The van der Waals surface area contributed by atoms with E-state index in [1.54, 1.807) is 24.3 Å². The normalized spacial score (nSPS) is 13.6. The van der Waals surface area contributed by atoms with E-state index >= 15 is 0 Å². The van der Waals surface area contributed by atoms with Gasteiger partial charge in [-0.15, -0.1) is 0 Å². The number of rotatable bonds is 17. The van der Waals surface area contributed by atoms with Gasteiger partial charge in [0.15, 0.2) is 24.4 Å². The minimum atomic E-state index is -1.56. The number of hydrogen-bond donors (Lipinski definition) is 2. The van der Waals surface area contributed by atoms with Crippen LogP contribution >= 0.6 is 0 Å². The molecule has 2 aromatic carbocycles. The summed E-state index contributed by atoms with van der Waals surface area (Å²) in [7, 11) is 0. The highest BCUT2D eigenvalue weighted by molar-refractivity contribution is 5.85. The minimum absolute atomic E-state index is 0.275. The monoisotopic (exact) mass is 642 g/mol. The van der Waals surface area contributed by atoms with Crippen molar-refractivity contribution < 1.29 is 67.4 Å². The van der Waals surface area contributed by atoms with Gasteiger partial charge >= 0.3 is 35.8 Å².